The molecule has 13 heavy (non-hydrogen) atoms. The zero-order valence-corrected chi connectivity index (χ0v) is 8.62. The Balaban J connectivity index is 2.53. The van der Waals surface area contributed by atoms with E-state index in [4.69, 9.17) is 4.84 Å². The molecule has 1 rings (SSSR count). The van der Waals surface area contributed by atoms with Gasteiger partial charge in [0.2, 0.25) is 0 Å². The summed E-state index contributed by atoms with van der Waals surface area (Å²) in [7, 11) is 5.16. The van der Waals surface area contributed by atoms with E-state index < -0.39 is 0 Å². The Bertz CT molecular complexity index is 184. The Hall–Kier alpha value is -0.610. The lowest BCUT2D eigenvalue weighted by Crippen LogP contribution is -2.47. The highest BCUT2D eigenvalue weighted by Gasteiger charge is 2.28. The van der Waals surface area contributed by atoms with E-state index in [1.165, 1.54) is 18.6 Å². The van der Waals surface area contributed by atoms with Gasteiger partial charge in [0.1, 0.15) is 0 Å². The van der Waals surface area contributed by atoms with E-state index in [9.17, 15) is 4.79 Å². The lowest BCUT2D eigenvalue weighted by Gasteiger charge is -2.33. The van der Waals surface area contributed by atoms with Crippen molar-refractivity contribution in [3.63, 3.8) is 0 Å². The number of likely N-dealkylation sites (N-methyl/N-ethyl adjacent to an activating group) is 2. The van der Waals surface area contributed by atoms with Gasteiger partial charge in [-0.05, 0) is 26.4 Å². The number of piperidine rings is 1. The Morgan fingerprint density at radius 1 is 1.54 bits per heavy atom. The van der Waals surface area contributed by atoms with Crippen LogP contribution in [-0.4, -0.2) is 49.7 Å². The van der Waals surface area contributed by atoms with Gasteiger partial charge in [-0.1, -0.05) is 6.42 Å². The fraction of sp³-hybridized carbons (Fsp3) is 0.889. The normalized spacial score (nSPS) is 24.4. The maximum absolute atomic E-state index is 11.7. The van der Waals surface area contributed by atoms with Crippen molar-refractivity contribution in [3.8, 4) is 0 Å². The van der Waals surface area contributed by atoms with Gasteiger partial charge in [-0.2, -0.15) is 0 Å². The first-order valence-corrected chi connectivity index (χ1v) is 4.68. The fourth-order valence-electron chi connectivity index (χ4n) is 1.69. The Labute approximate surface area is 79.4 Å². The van der Waals surface area contributed by atoms with Crippen LogP contribution in [-0.2, 0) is 9.63 Å². The average Bonchev–Trinajstić information content (AvgIpc) is 2.16. The van der Waals surface area contributed by atoms with E-state index in [0.29, 0.717) is 0 Å². The molecule has 1 amide bonds. The van der Waals surface area contributed by atoms with E-state index in [1.807, 2.05) is 7.05 Å². The first-order valence-electron chi connectivity index (χ1n) is 4.68. The molecule has 0 N–H and O–H groups in total. The first kappa shape index (κ1) is 10.5. The first-order chi connectivity index (χ1) is 6.16. The van der Waals surface area contributed by atoms with E-state index in [-0.39, 0.29) is 11.9 Å². The summed E-state index contributed by atoms with van der Waals surface area (Å²) in [4.78, 5) is 18.7. The second-order valence-corrected chi connectivity index (χ2v) is 3.51. The minimum absolute atomic E-state index is 0.0127. The quantitative estimate of drug-likeness (QED) is 0.588. The molecule has 0 radical (unpaired) electrons. The van der Waals surface area contributed by atoms with Crippen molar-refractivity contribution in [1.82, 2.24) is 9.96 Å². The second kappa shape index (κ2) is 4.58. The summed E-state index contributed by atoms with van der Waals surface area (Å²) in [6, 6.07) is 0.0127. The maximum Gasteiger partial charge on any atom is 0.263 e. The number of rotatable bonds is 2. The Morgan fingerprint density at radius 3 is 2.77 bits per heavy atom. The number of hydrogen-bond acceptors (Lipinski definition) is 3. The van der Waals surface area contributed by atoms with Gasteiger partial charge < -0.3 is 0 Å². The van der Waals surface area contributed by atoms with Crippen LogP contribution < -0.4 is 0 Å². The smallest absolute Gasteiger partial charge is 0.263 e. The number of nitrogens with zero attached hydrogens (tertiary/aromatic N) is 2. The number of amides is 1. The molecular weight excluding hydrogens is 168 g/mol. The predicted octanol–water partition coefficient (Wildman–Crippen LogP) is 0.490. The van der Waals surface area contributed by atoms with Crippen molar-refractivity contribution in [2.45, 2.75) is 25.3 Å². The average molecular weight is 186 g/mol. The summed E-state index contributed by atoms with van der Waals surface area (Å²) >= 11 is 0. The van der Waals surface area contributed by atoms with Gasteiger partial charge in [-0.3, -0.25) is 14.5 Å². The van der Waals surface area contributed by atoms with E-state index in [1.54, 1.807) is 7.05 Å². The minimum atomic E-state index is 0.0127. The maximum atomic E-state index is 11.7. The molecule has 4 nitrogen and oxygen atoms in total. The van der Waals surface area contributed by atoms with Crippen LogP contribution in [0.3, 0.4) is 0 Å². The largest absolute Gasteiger partial charge is 0.295 e. The summed E-state index contributed by atoms with van der Waals surface area (Å²) in [5, 5.41) is 1.31. The number of carbonyl (C=O) groups is 1. The van der Waals surface area contributed by atoms with Crippen LogP contribution in [0.15, 0.2) is 0 Å². The van der Waals surface area contributed by atoms with Crippen LogP contribution in [0, 0.1) is 0 Å². The predicted molar refractivity (Wildman–Crippen MR) is 50.0 cm³/mol. The molecule has 0 aromatic heterocycles. The van der Waals surface area contributed by atoms with Crippen molar-refractivity contribution in [2.24, 2.45) is 0 Å². The van der Waals surface area contributed by atoms with Gasteiger partial charge in [0, 0.05) is 7.05 Å². The van der Waals surface area contributed by atoms with Gasteiger partial charge in [-0.15, -0.1) is 0 Å². The SMILES string of the molecule is CON(C)C(=O)C1CCCCN1C. The van der Waals surface area contributed by atoms with E-state index >= 15 is 0 Å². The number of hydroxylamine groups is 2. The molecule has 0 saturated carbocycles. The number of likely N-dealkylation sites (tertiary alicyclic amines) is 1. The molecule has 76 valence electrons. The molecule has 4 heteroatoms. The zero-order chi connectivity index (χ0) is 9.84. The molecular formula is C9H18N2O2. The van der Waals surface area contributed by atoms with Crippen LogP contribution in [0.4, 0.5) is 0 Å². The summed E-state index contributed by atoms with van der Waals surface area (Å²) in [5.41, 5.74) is 0. The van der Waals surface area contributed by atoms with Gasteiger partial charge in [0.25, 0.3) is 5.91 Å². The lowest BCUT2D eigenvalue weighted by atomic mass is 10.0. The highest BCUT2D eigenvalue weighted by Crippen LogP contribution is 2.16. The van der Waals surface area contributed by atoms with Crippen LogP contribution in [0.5, 0.6) is 0 Å². The van der Waals surface area contributed by atoms with Crippen molar-refractivity contribution in [1.29, 1.82) is 0 Å². The highest BCUT2D eigenvalue weighted by molar-refractivity contribution is 5.80. The molecule has 1 fully saturated rings. The standard InChI is InChI=1S/C9H18N2O2/c1-10-7-5-4-6-8(10)9(12)11(2)13-3/h8H,4-7H2,1-3H3. The molecule has 0 bridgehead atoms. The van der Waals surface area contributed by atoms with Gasteiger partial charge in [0.15, 0.2) is 0 Å². The summed E-state index contributed by atoms with van der Waals surface area (Å²) < 4.78 is 0. The van der Waals surface area contributed by atoms with E-state index in [0.717, 1.165) is 19.4 Å². The van der Waals surface area contributed by atoms with Gasteiger partial charge in [-0.25, -0.2) is 5.06 Å². The van der Waals surface area contributed by atoms with Gasteiger partial charge in [0.05, 0.1) is 13.2 Å². The van der Waals surface area contributed by atoms with Crippen LogP contribution in [0.1, 0.15) is 19.3 Å². The summed E-state index contributed by atoms with van der Waals surface area (Å²) in [5.74, 6) is 0.0599. The number of hydrogen-bond donors (Lipinski definition) is 0. The van der Waals surface area contributed by atoms with Crippen molar-refractivity contribution >= 4 is 5.91 Å². The third-order valence-electron chi connectivity index (χ3n) is 2.64. The second-order valence-electron chi connectivity index (χ2n) is 3.51. The van der Waals surface area contributed by atoms with Crippen LogP contribution >= 0.6 is 0 Å². The molecule has 1 aliphatic heterocycles. The molecule has 1 atom stereocenters. The molecule has 1 heterocycles. The van der Waals surface area contributed by atoms with Crippen LogP contribution in [0.25, 0.3) is 0 Å². The molecule has 1 saturated heterocycles. The summed E-state index contributed by atoms with van der Waals surface area (Å²) in [6.45, 7) is 1.01. The lowest BCUT2D eigenvalue weighted by molar-refractivity contribution is -0.175. The minimum Gasteiger partial charge on any atom is -0.295 e. The highest BCUT2D eigenvalue weighted by atomic mass is 16.7. The van der Waals surface area contributed by atoms with Crippen LogP contribution in [0.2, 0.25) is 0 Å². The molecule has 0 aromatic rings. The molecule has 0 spiro atoms. The monoisotopic (exact) mass is 186 g/mol. The Morgan fingerprint density at radius 2 is 2.23 bits per heavy atom. The third-order valence-corrected chi connectivity index (χ3v) is 2.64. The zero-order valence-electron chi connectivity index (χ0n) is 8.62. The van der Waals surface area contributed by atoms with E-state index in [2.05, 4.69) is 4.90 Å². The molecule has 1 unspecified atom stereocenters. The van der Waals surface area contributed by atoms with Crippen molar-refractivity contribution < 1.29 is 9.63 Å². The van der Waals surface area contributed by atoms with Crippen molar-refractivity contribution in [3.05, 3.63) is 0 Å². The van der Waals surface area contributed by atoms with Gasteiger partial charge >= 0.3 is 0 Å². The third kappa shape index (κ3) is 2.42. The molecule has 0 aromatic carbocycles. The summed E-state index contributed by atoms with van der Waals surface area (Å²) in [6.07, 6.45) is 3.28. The number of carbonyl (C=O) groups excluding carboxylic acids is 1. The van der Waals surface area contributed by atoms with Crippen molar-refractivity contribution in [2.75, 3.05) is 27.7 Å². The molecule has 0 aliphatic carbocycles. The molecule has 1 aliphatic rings. The fourth-order valence-corrected chi connectivity index (χ4v) is 1.69. The topological polar surface area (TPSA) is 32.8 Å². The Kier molecular flexibility index (Phi) is 3.69.